The van der Waals surface area contributed by atoms with Gasteiger partial charge in [-0.3, -0.25) is 14.5 Å². The van der Waals surface area contributed by atoms with E-state index in [-0.39, 0.29) is 31.2 Å². The summed E-state index contributed by atoms with van der Waals surface area (Å²) in [6.45, 7) is 5.29. The molecular weight excluding hydrogens is 452 g/mol. The predicted molar refractivity (Wildman–Crippen MR) is 130 cm³/mol. The van der Waals surface area contributed by atoms with Gasteiger partial charge in [-0.2, -0.15) is 0 Å². The highest BCUT2D eigenvalue weighted by Crippen LogP contribution is 2.30. The quantitative estimate of drug-likeness (QED) is 0.540. The molecule has 0 aliphatic carbocycles. The topological polar surface area (TPSA) is 126 Å². The number of hydrogen-bond acceptors (Lipinski definition) is 7. The molecule has 1 atom stereocenters. The van der Waals surface area contributed by atoms with E-state index in [1.165, 1.54) is 18.1 Å². The minimum Gasteiger partial charge on any atom is -0.465 e. The first kappa shape index (κ1) is 25.5. The average molecular weight is 483 g/mol. The van der Waals surface area contributed by atoms with Crippen molar-refractivity contribution in [3.63, 3.8) is 0 Å². The van der Waals surface area contributed by atoms with Crippen molar-refractivity contribution in [1.82, 2.24) is 10.6 Å². The van der Waals surface area contributed by atoms with Gasteiger partial charge < -0.3 is 25.4 Å². The normalized spacial score (nSPS) is 15.3. The van der Waals surface area contributed by atoms with Crippen LogP contribution in [0, 0.1) is 0 Å². The maximum absolute atomic E-state index is 13.4. The van der Waals surface area contributed by atoms with E-state index in [9.17, 15) is 19.2 Å². The molecule has 0 bridgehead atoms. The Morgan fingerprint density at radius 1 is 1.11 bits per heavy atom. The second kappa shape index (κ2) is 10.9. The lowest BCUT2D eigenvalue weighted by atomic mass is 10.1. The van der Waals surface area contributed by atoms with E-state index >= 15 is 0 Å². The third kappa shape index (κ3) is 6.95. The van der Waals surface area contributed by atoms with Gasteiger partial charge in [-0.25, -0.2) is 9.59 Å². The van der Waals surface area contributed by atoms with E-state index in [1.807, 2.05) is 51.1 Å². The van der Waals surface area contributed by atoms with Crippen LogP contribution in [0.3, 0.4) is 0 Å². The Morgan fingerprint density at radius 2 is 1.83 bits per heavy atom. The van der Waals surface area contributed by atoms with Crippen LogP contribution < -0.4 is 20.9 Å². The highest BCUT2D eigenvalue weighted by molar-refractivity contribution is 6.07. The molecule has 3 amide bonds. The number of hydrogen-bond donors (Lipinski definition) is 3. The standard InChI is InChI=1S/C25H30N4O6/c1-25(2,3)28-21(30)14-29-20-11-10-17(23(32)34-4)12-18(20)26-13-19(22(29)31)27-24(33)35-15-16-8-6-5-7-9-16/h5-12,19,26H,13-15H2,1-4H3,(H,27,33)(H,28,30)/t19-/m0/s1. The maximum atomic E-state index is 13.4. The number of amides is 3. The molecule has 0 saturated carbocycles. The summed E-state index contributed by atoms with van der Waals surface area (Å²) in [7, 11) is 1.27. The Morgan fingerprint density at radius 3 is 2.49 bits per heavy atom. The number of benzene rings is 2. The fraction of sp³-hybridized carbons (Fsp3) is 0.360. The Labute approximate surface area is 204 Å². The van der Waals surface area contributed by atoms with Crippen molar-refractivity contribution in [3.05, 3.63) is 59.7 Å². The first-order chi connectivity index (χ1) is 16.6. The molecule has 1 heterocycles. The number of anilines is 2. The molecule has 1 aliphatic rings. The van der Waals surface area contributed by atoms with Gasteiger partial charge in [0, 0.05) is 12.1 Å². The third-order valence-corrected chi connectivity index (χ3v) is 5.09. The number of ether oxygens (including phenoxy) is 2. The van der Waals surface area contributed by atoms with Gasteiger partial charge in [-0.05, 0) is 44.5 Å². The molecule has 2 aromatic carbocycles. The summed E-state index contributed by atoms with van der Waals surface area (Å²) in [6.07, 6.45) is -0.769. The molecule has 0 radical (unpaired) electrons. The summed E-state index contributed by atoms with van der Waals surface area (Å²) in [4.78, 5) is 51.8. The van der Waals surface area contributed by atoms with Crippen LogP contribution >= 0.6 is 0 Å². The van der Waals surface area contributed by atoms with Gasteiger partial charge in [0.2, 0.25) is 5.91 Å². The first-order valence-corrected chi connectivity index (χ1v) is 11.1. The molecule has 10 heteroatoms. The number of esters is 1. The van der Waals surface area contributed by atoms with Crippen LogP contribution in [-0.4, -0.2) is 55.7 Å². The number of methoxy groups -OCH3 is 1. The van der Waals surface area contributed by atoms with Gasteiger partial charge in [-0.15, -0.1) is 0 Å². The van der Waals surface area contributed by atoms with Crippen molar-refractivity contribution in [2.75, 3.05) is 30.4 Å². The Hall–Kier alpha value is -4.08. The molecule has 186 valence electrons. The van der Waals surface area contributed by atoms with Crippen LogP contribution in [0.15, 0.2) is 48.5 Å². The monoisotopic (exact) mass is 482 g/mol. The van der Waals surface area contributed by atoms with Gasteiger partial charge in [0.15, 0.2) is 0 Å². The van der Waals surface area contributed by atoms with Gasteiger partial charge in [0.25, 0.3) is 5.91 Å². The van der Waals surface area contributed by atoms with Crippen molar-refractivity contribution in [3.8, 4) is 0 Å². The van der Waals surface area contributed by atoms with Crippen molar-refractivity contribution in [1.29, 1.82) is 0 Å². The number of nitrogens with zero attached hydrogens (tertiary/aromatic N) is 1. The van der Waals surface area contributed by atoms with E-state index in [2.05, 4.69) is 16.0 Å². The van der Waals surface area contributed by atoms with Crippen molar-refractivity contribution in [2.45, 2.75) is 39.0 Å². The molecular formula is C25H30N4O6. The van der Waals surface area contributed by atoms with E-state index in [0.29, 0.717) is 11.4 Å². The van der Waals surface area contributed by atoms with E-state index < -0.39 is 29.6 Å². The van der Waals surface area contributed by atoms with Crippen LogP contribution in [0.5, 0.6) is 0 Å². The first-order valence-electron chi connectivity index (χ1n) is 11.1. The number of carbonyl (C=O) groups is 4. The summed E-state index contributed by atoms with van der Waals surface area (Å²) < 4.78 is 10.0. The summed E-state index contributed by atoms with van der Waals surface area (Å²) in [5.41, 5.74) is 1.43. The summed E-state index contributed by atoms with van der Waals surface area (Å²) in [5.74, 6) is -1.41. The van der Waals surface area contributed by atoms with Crippen LogP contribution in [0.1, 0.15) is 36.7 Å². The lowest BCUT2D eigenvalue weighted by Gasteiger charge is -2.27. The van der Waals surface area contributed by atoms with Crippen LogP contribution in [0.4, 0.5) is 16.2 Å². The number of rotatable bonds is 6. The molecule has 3 rings (SSSR count). The third-order valence-electron chi connectivity index (χ3n) is 5.09. The van der Waals surface area contributed by atoms with Crippen molar-refractivity contribution >= 4 is 35.3 Å². The molecule has 2 aromatic rings. The van der Waals surface area contributed by atoms with Gasteiger partial charge in [0.1, 0.15) is 19.2 Å². The van der Waals surface area contributed by atoms with E-state index in [1.54, 1.807) is 12.1 Å². The zero-order valence-corrected chi connectivity index (χ0v) is 20.2. The van der Waals surface area contributed by atoms with E-state index in [4.69, 9.17) is 9.47 Å². The number of nitrogens with one attached hydrogen (secondary N) is 3. The van der Waals surface area contributed by atoms with Crippen molar-refractivity contribution < 1.29 is 28.7 Å². The van der Waals surface area contributed by atoms with Crippen LogP contribution in [0.2, 0.25) is 0 Å². The van der Waals surface area contributed by atoms with Gasteiger partial charge in [0.05, 0.1) is 24.0 Å². The highest BCUT2D eigenvalue weighted by Gasteiger charge is 2.34. The summed E-state index contributed by atoms with van der Waals surface area (Å²) in [5, 5.41) is 8.49. The van der Waals surface area contributed by atoms with Crippen molar-refractivity contribution in [2.24, 2.45) is 0 Å². The van der Waals surface area contributed by atoms with Crippen LogP contribution in [0.25, 0.3) is 0 Å². The SMILES string of the molecule is COC(=O)c1ccc2c(c1)NC[C@H](NC(=O)OCc1ccccc1)C(=O)N2CC(=O)NC(C)(C)C. The highest BCUT2D eigenvalue weighted by atomic mass is 16.5. The average Bonchev–Trinajstić information content (AvgIpc) is 2.93. The van der Waals surface area contributed by atoms with Gasteiger partial charge in [-0.1, -0.05) is 30.3 Å². The zero-order chi connectivity index (χ0) is 25.6. The smallest absolute Gasteiger partial charge is 0.408 e. The Bertz CT molecular complexity index is 1100. The fourth-order valence-electron chi connectivity index (χ4n) is 3.55. The molecule has 0 spiro atoms. The Balaban J connectivity index is 1.81. The molecule has 1 aliphatic heterocycles. The lowest BCUT2D eigenvalue weighted by Crippen LogP contribution is -2.54. The molecule has 0 aromatic heterocycles. The zero-order valence-electron chi connectivity index (χ0n) is 20.2. The molecule has 0 fully saturated rings. The summed E-state index contributed by atoms with van der Waals surface area (Å²) in [6, 6.07) is 12.7. The van der Waals surface area contributed by atoms with Crippen LogP contribution in [-0.2, 0) is 25.7 Å². The Kier molecular flexibility index (Phi) is 7.95. The molecule has 35 heavy (non-hydrogen) atoms. The number of carbonyl (C=O) groups excluding carboxylic acids is 4. The molecule has 3 N–H and O–H groups in total. The maximum Gasteiger partial charge on any atom is 0.408 e. The largest absolute Gasteiger partial charge is 0.465 e. The summed E-state index contributed by atoms with van der Waals surface area (Å²) >= 11 is 0. The molecule has 0 unspecified atom stereocenters. The van der Waals surface area contributed by atoms with Gasteiger partial charge >= 0.3 is 12.1 Å². The fourth-order valence-corrected chi connectivity index (χ4v) is 3.55. The number of fused-ring (bicyclic) bond motifs is 1. The lowest BCUT2D eigenvalue weighted by molar-refractivity contribution is -0.125. The minimum atomic E-state index is -1.02. The second-order valence-electron chi connectivity index (χ2n) is 9.09. The molecule has 0 saturated heterocycles. The molecule has 10 nitrogen and oxygen atoms in total. The second-order valence-corrected chi connectivity index (χ2v) is 9.09. The minimum absolute atomic E-state index is 0.0221. The van der Waals surface area contributed by atoms with E-state index in [0.717, 1.165) is 5.56 Å². The predicted octanol–water partition coefficient (Wildman–Crippen LogP) is 2.44. The number of alkyl carbamates (subject to hydrolysis) is 1.